The smallest absolute Gasteiger partial charge is 0.0766 e. The molecule has 3 nitrogen and oxygen atoms in total. The number of carboxylic acids is 1. The lowest BCUT2D eigenvalue weighted by atomic mass is 10.0. The fraction of sp³-hybridized carbons (Fsp3) is 0.967. The molecule has 0 aromatic rings. The molecular formula is C30H63NO2. The lowest BCUT2D eigenvalue weighted by Crippen LogP contribution is -3.05. The van der Waals surface area contributed by atoms with Gasteiger partial charge >= 0.3 is 0 Å². The molecule has 0 aliphatic rings. The zero-order valence-electron chi connectivity index (χ0n) is 23.5. The molecule has 0 aromatic heterocycles. The predicted molar refractivity (Wildman–Crippen MR) is 145 cm³/mol. The summed E-state index contributed by atoms with van der Waals surface area (Å²) in [6.07, 6.45) is 32.4. The third kappa shape index (κ3) is 39.0. The molecule has 1 N–H and O–H groups in total. The van der Waals surface area contributed by atoms with Crippen LogP contribution in [0.5, 0.6) is 0 Å². The Morgan fingerprint density at radius 1 is 0.485 bits per heavy atom. The Hall–Kier alpha value is -0.570. The van der Waals surface area contributed by atoms with Crippen molar-refractivity contribution in [1.29, 1.82) is 0 Å². The van der Waals surface area contributed by atoms with E-state index in [-0.39, 0.29) is 6.42 Å². The summed E-state index contributed by atoms with van der Waals surface area (Å²) in [5, 5.41) is 9.76. The van der Waals surface area contributed by atoms with Crippen molar-refractivity contribution in [3.05, 3.63) is 0 Å². The van der Waals surface area contributed by atoms with E-state index in [0.717, 1.165) is 19.3 Å². The van der Waals surface area contributed by atoms with Crippen molar-refractivity contribution >= 4 is 5.97 Å². The molecule has 0 amide bonds. The van der Waals surface area contributed by atoms with Gasteiger partial charge in [0.25, 0.3) is 0 Å². The molecule has 0 radical (unpaired) electrons. The van der Waals surface area contributed by atoms with Gasteiger partial charge in [-0.1, -0.05) is 142 Å². The molecule has 0 atom stereocenters. The van der Waals surface area contributed by atoms with Gasteiger partial charge in [-0.25, -0.2) is 0 Å². The summed E-state index contributed by atoms with van der Waals surface area (Å²) in [6, 6.07) is 0. The van der Waals surface area contributed by atoms with Gasteiger partial charge in [-0.3, -0.25) is 0 Å². The minimum atomic E-state index is -0.932. The molecule has 0 fully saturated rings. The maximum atomic E-state index is 9.76. The number of unbranched alkanes of at least 4 members (excludes halogenated alkanes) is 21. The normalized spacial score (nSPS) is 10.9. The quantitative estimate of drug-likeness (QED) is 0.143. The van der Waals surface area contributed by atoms with Gasteiger partial charge in [-0.15, -0.1) is 0 Å². The number of carbonyl (C=O) groups is 1. The second kappa shape index (κ2) is 31.4. The third-order valence-corrected chi connectivity index (χ3v) is 6.51. The molecule has 3 heteroatoms. The number of rotatable bonds is 25. The molecule has 0 aliphatic heterocycles. The maximum absolute atomic E-state index is 9.76. The lowest BCUT2D eigenvalue weighted by Gasteiger charge is -2.06. The van der Waals surface area contributed by atoms with Gasteiger partial charge < -0.3 is 14.8 Å². The Labute approximate surface area is 209 Å². The first kappa shape index (κ1) is 34.6. The number of nitrogens with one attached hydrogen (secondary N) is 1. The van der Waals surface area contributed by atoms with Gasteiger partial charge in [0.1, 0.15) is 0 Å². The SMILES string of the molecule is CCCCCC(=O)[O-].CCCCCCCCCCCCCCCCCCCCCC[NH+](C)C. The molecule has 0 saturated carbocycles. The number of aliphatic carboxylic acids is 1. The molecule has 0 aliphatic carbocycles. The highest BCUT2D eigenvalue weighted by Crippen LogP contribution is 2.14. The van der Waals surface area contributed by atoms with Crippen molar-refractivity contribution in [2.45, 2.75) is 168 Å². The van der Waals surface area contributed by atoms with Gasteiger partial charge in [-0.2, -0.15) is 0 Å². The van der Waals surface area contributed by atoms with E-state index in [0.29, 0.717) is 0 Å². The number of hydrogen-bond donors (Lipinski definition) is 1. The Bertz CT molecular complexity index is 357. The van der Waals surface area contributed by atoms with Crippen LogP contribution in [0.1, 0.15) is 168 Å². The fourth-order valence-corrected chi connectivity index (χ4v) is 4.25. The van der Waals surface area contributed by atoms with Gasteiger partial charge in [0, 0.05) is 5.97 Å². The van der Waals surface area contributed by atoms with Crippen LogP contribution in [0, 0.1) is 0 Å². The zero-order valence-corrected chi connectivity index (χ0v) is 23.5. The average molecular weight is 470 g/mol. The van der Waals surface area contributed by atoms with Gasteiger partial charge in [0.2, 0.25) is 0 Å². The van der Waals surface area contributed by atoms with Gasteiger partial charge in [-0.05, 0) is 25.7 Å². The summed E-state index contributed by atoms with van der Waals surface area (Å²) in [5.41, 5.74) is 0. The number of carboxylic acid groups (broad SMARTS) is 1. The van der Waals surface area contributed by atoms with Crippen molar-refractivity contribution in [1.82, 2.24) is 0 Å². The van der Waals surface area contributed by atoms with E-state index in [4.69, 9.17) is 0 Å². The van der Waals surface area contributed by atoms with Crippen LogP contribution in [0.3, 0.4) is 0 Å². The Morgan fingerprint density at radius 3 is 1.03 bits per heavy atom. The minimum Gasteiger partial charge on any atom is -0.550 e. The second-order valence-corrected chi connectivity index (χ2v) is 10.5. The molecule has 0 aromatic carbocycles. The van der Waals surface area contributed by atoms with E-state index in [9.17, 15) is 9.90 Å². The van der Waals surface area contributed by atoms with Crippen LogP contribution in [-0.2, 0) is 4.79 Å². The van der Waals surface area contributed by atoms with E-state index in [1.807, 2.05) is 6.92 Å². The van der Waals surface area contributed by atoms with Crippen molar-refractivity contribution in [3.8, 4) is 0 Å². The molecule has 33 heavy (non-hydrogen) atoms. The van der Waals surface area contributed by atoms with Crippen molar-refractivity contribution < 1.29 is 14.8 Å². The van der Waals surface area contributed by atoms with E-state index in [2.05, 4.69) is 21.0 Å². The van der Waals surface area contributed by atoms with Crippen LogP contribution in [0.15, 0.2) is 0 Å². The number of quaternary nitrogens is 1. The van der Waals surface area contributed by atoms with E-state index < -0.39 is 5.97 Å². The molecule has 0 heterocycles. The van der Waals surface area contributed by atoms with Gasteiger partial charge in [0.15, 0.2) is 0 Å². The second-order valence-electron chi connectivity index (χ2n) is 10.5. The summed E-state index contributed by atoms with van der Waals surface area (Å²) in [5.74, 6) is -0.932. The predicted octanol–water partition coefficient (Wildman–Crippen LogP) is 7.27. The fourth-order valence-electron chi connectivity index (χ4n) is 4.25. The van der Waals surface area contributed by atoms with Crippen molar-refractivity contribution in [3.63, 3.8) is 0 Å². The minimum absolute atomic E-state index is 0.216. The molecule has 0 spiro atoms. The standard InChI is InChI=1S/C24H51N.C6H12O2/c1-4-5-6-7-8-9-10-11-12-13-14-15-16-17-18-19-20-21-22-23-24-25(2)3;1-2-3-4-5-6(7)8/h4-24H2,1-3H3;2-5H2,1H3,(H,7,8). The van der Waals surface area contributed by atoms with E-state index in [1.165, 1.54) is 135 Å². The summed E-state index contributed by atoms with van der Waals surface area (Å²) in [7, 11) is 4.52. The maximum Gasteiger partial charge on any atom is 0.0766 e. The molecule has 0 bridgehead atoms. The lowest BCUT2D eigenvalue weighted by molar-refractivity contribution is -0.858. The molecule has 0 unspecified atom stereocenters. The van der Waals surface area contributed by atoms with Crippen LogP contribution >= 0.6 is 0 Å². The van der Waals surface area contributed by atoms with Crippen LogP contribution in [-0.4, -0.2) is 26.6 Å². The highest BCUT2D eigenvalue weighted by atomic mass is 16.4. The van der Waals surface area contributed by atoms with Crippen molar-refractivity contribution in [2.75, 3.05) is 20.6 Å². The first-order valence-corrected chi connectivity index (χ1v) is 15.0. The Kier molecular flexibility index (Phi) is 33.0. The highest BCUT2D eigenvalue weighted by Gasteiger charge is 1.96. The van der Waals surface area contributed by atoms with Gasteiger partial charge in [0.05, 0.1) is 20.6 Å². The Balaban J connectivity index is 0. The van der Waals surface area contributed by atoms with E-state index in [1.54, 1.807) is 4.90 Å². The van der Waals surface area contributed by atoms with Crippen LogP contribution in [0.25, 0.3) is 0 Å². The number of carbonyl (C=O) groups excluding carboxylic acids is 1. The average Bonchev–Trinajstić information content (AvgIpc) is 2.78. The number of hydrogen-bond acceptors (Lipinski definition) is 2. The topological polar surface area (TPSA) is 44.6 Å². The molecule has 0 saturated heterocycles. The molecule has 0 rings (SSSR count). The summed E-state index contributed by atoms with van der Waals surface area (Å²) in [6.45, 7) is 5.68. The first-order chi connectivity index (χ1) is 16.0. The largest absolute Gasteiger partial charge is 0.550 e. The van der Waals surface area contributed by atoms with Crippen LogP contribution in [0.4, 0.5) is 0 Å². The van der Waals surface area contributed by atoms with Crippen molar-refractivity contribution in [2.24, 2.45) is 0 Å². The molecular weight excluding hydrogens is 406 g/mol. The third-order valence-electron chi connectivity index (χ3n) is 6.51. The first-order valence-electron chi connectivity index (χ1n) is 15.0. The van der Waals surface area contributed by atoms with Crippen LogP contribution < -0.4 is 10.0 Å². The molecule has 200 valence electrons. The highest BCUT2D eigenvalue weighted by molar-refractivity contribution is 5.63. The summed E-state index contributed by atoms with van der Waals surface area (Å²) >= 11 is 0. The Morgan fingerprint density at radius 2 is 0.758 bits per heavy atom. The van der Waals surface area contributed by atoms with Crippen LogP contribution in [0.2, 0.25) is 0 Å². The monoisotopic (exact) mass is 469 g/mol. The summed E-state index contributed by atoms with van der Waals surface area (Å²) in [4.78, 5) is 11.4. The van der Waals surface area contributed by atoms with E-state index >= 15 is 0 Å². The summed E-state index contributed by atoms with van der Waals surface area (Å²) < 4.78 is 0. The zero-order chi connectivity index (χ0) is 24.8.